The van der Waals surface area contributed by atoms with Gasteiger partial charge in [0.1, 0.15) is 11.5 Å². The Morgan fingerprint density at radius 3 is 2.50 bits per heavy atom. The molecule has 1 fully saturated rings. The van der Waals surface area contributed by atoms with E-state index in [0.717, 1.165) is 0 Å². The highest BCUT2D eigenvalue weighted by atomic mass is 35.5. The zero-order valence-electron chi connectivity index (χ0n) is 7.09. The van der Waals surface area contributed by atoms with Crippen molar-refractivity contribution in [3.63, 3.8) is 0 Å². The predicted octanol–water partition coefficient (Wildman–Crippen LogP) is 1.57. The van der Waals surface area contributed by atoms with E-state index in [2.05, 4.69) is 0 Å². The highest BCUT2D eigenvalue weighted by Crippen LogP contribution is 2.14. The van der Waals surface area contributed by atoms with Gasteiger partial charge >= 0.3 is 0 Å². The van der Waals surface area contributed by atoms with Gasteiger partial charge in [-0.05, 0) is 19.8 Å². The molecule has 1 aliphatic rings. The number of halogens is 2. The molecule has 0 bridgehead atoms. The maximum atomic E-state index is 12.7. The van der Waals surface area contributed by atoms with Crippen LogP contribution in [0.1, 0.15) is 19.8 Å². The third kappa shape index (κ3) is 2.34. The fourth-order valence-electron chi connectivity index (χ4n) is 1.32. The number of likely N-dealkylation sites (tertiary alicyclic amines) is 1. The molecule has 0 N–H and O–H groups in total. The highest BCUT2D eigenvalue weighted by molar-refractivity contribution is 6.30. The van der Waals surface area contributed by atoms with Crippen LogP contribution >= 0.6 is 11.6 Å². The lowest BCUT2D eigenvalue weighted by Crippen LogP contribution is -2.42. The second-order valence-electron chi connectivity index (χ2n) is 3.12. The van der Waals surface area contributed by atoms with E-state index in [1.165, 1.54) is 0 Å². The highest BCUT2D eigenvalue weighted by Gasteiger charge is 2.24. The number of carbonyl (C=O) groups is 1. The molecule has 0 saturated carbocycles. The van der Waals surface area contributed by atoms with Crippen LogP contribution < -0.4 is 0 Å². The Morgan fingerprint density at radius 1 is 1.58 bits per heavy atom. The smallest absolute Gasteiger partial charge is 0.240 e. The second kappa shape index (κ2) is 4.08. The monoisotopic (exact) mass is 193 g/mol. The Hall–Kier alpha value is -0.310. The molecule has 2 nitrogen and oxygen atoms in total. The Kier molecular flexibility index (Phi) is 3.32. The van der Waals surface area contributed by atoms with Crippen LogP contribution in [0.5, 0.6) is 0 Å². The SMILES string of the molecule is CC(Cl)C(=O)N1CCC(F)CC1. The van der Waals surface area contributed by atoms with Crippen LogP contribution in [0.3, 0.4) is 0 Å². The van der Waals surface area contributed by atoms with Crippen molar-refractivity contribution >= 4 is 17.5 Å². The Morgan fingerprint density at radius 2 is 2.08 bits per heavy atom. The van der Waals surface area contributed by atoms with Gasteiger partial charge in [-0.2, -0.15) is 0 Å². The zero-order chi connectivity index (χ0) is 9.14. The first kappa shape index (κ1) is 9.78. The summed E-state index contributed by atoms with van der Waals surface area (Å²) in [5.41, 5.74) is 0. The average molecular weight is 194 g/mol. The van der Waals surface area contributed by atoms with Crippen LogP contribution in [0.25, 0.3) is 0 Å². The Bertz CT molecular complexity index is 166. The first-order chi connectivity index (χ1) is 5.61. The van der Waals surface area contributed by atoms with Gasteiger partial charge in [-0.1, -0.05) is 0 Å². The third-order valence-electron chi connectivity index (χ3n) is 2.08. The number of nitrogens with zero attached hydrogens (tertiary/aromatic N) is 1. The van der Waals surface area contributed by atoms with Crippen molar-refractivity contribution in [1.82, 2.24) is 4.90 Å². The summed E-state index contributed by atoms with van der Waals surface area (Å²) in [5.74, 6) is -0.0800. The average Bonchev–Trinajstić information content (AvgIpc) is 2.04. The maximum Gasteiger partial charge on any atom is 0.240 e. The van der Waals surface area contributed by atoms with Gasteiger partial charge in [0.2, 0.25) is 5.91 Å². The molecule has 0 aromatic heterocycles. The van der Waals surface area contributed by atoms with Gasteiger partial charge in [0, 0.05) is 13.1 Å². The summed E-state index contributed by atoms with van der Waals surface area (Å²) in [5, 5.41) is -0.485. The van der Waals surface area contributed by atoms with Gasteiger partial charge in [0.15, 0.2) is 0 Å². The van der Waals surface area contributed by atoms with Crippen molar-refractivity contribution in [3.05, 3.63) is 0 Å². The number of rotatable bonds is 1. The summed E-state index contributed by atoms with van der Waals surface area (Å²) in [4.78, 5) is 12.9. The van der Waals surface area contributed by atoms with E-state index in [4.69, 9.17) is 11.6 Å². The summed E-state index contributed by atoms with van der Waals surface area (Å²) in [7, 11) is 0. The Labute approximate surface area is 76.7 Å². The number of piperidine rings is 1. The predicted molar refractivity (Wildman–Crippen MR) is 46.0 cm³/mol. The molecule has 1 rings (SSSR count). The number of carbonyl (C=O) groups excluding carboxylic acids is 1. The number of hydrogen-bond acceptors (Lipinski definition) is 1. The first-order valence-electron chi connectivity index (χ1n) is 4.18. The summed E-state index contributed by atoms with van der Waals surface area (Å²) < 4.78 is 12.7. The van der Waals surface area contributed by atoms with Crippen molar-refractivity contribution in [2.45, 2.75) is 31.3 Å². The first-order valence-corrected chi connectivity index (χ1v) is 4.62. The van der Waals surface area contributed by atoms with E-state index in [9.17, 15) is 9.18 Å². The third-order valence-corrected chi connectivity index (χ3v) is 2.26. The minimum Gasteiger partial charge on any atom is -0.341 e. The van der Waals surface area contributed by atoms with Gasteiger partial charge < -0.3 is 4.90 Å². The van der Waals surface area contributed by atoms with Gasteiger partial charge in [-0.3, -0.25) is 4.79 Å². The minimum absolute atomic E-state index is 0.0800. The standard InChI is InChI=1S/C8H13ClFNO/c1-6(9)8(12)11-4-2-7(10)3-5-11/h6-7H,2-5H2,1H3. The van der Waals surface area contributed by atoms with Gasteiger partial charge in [-0.25, -0.2) is 4.39 Å². The molecule has 70 valence electrons. The van der Waals surface area contributed by atoms with E-state index in [-0.39, 0.29) is 5.91 Å². The number of alkyl halides is 2. The lowest BCUT2D eigenvalue weighted by molar-refractivity contribution is -0.131. The molecule has 0 spiro atoms. The molecule has 0 aromatic carbocycles. The van der Waals surface area contributed by atoms with E-state index < -0.39 is 11.5 Å². The zero-order valence-corrected chi connectivity index (χ0v) is 7.85. The molecular formula is C8H13ClFNO. The molecule has 12 heavy (non-hydrogen) atoms. The maximum absolute atomic E-state index is 12.7. The molecule has 1 heterocycles. The molecule has 1 amide bonds. The van der Waals surface area contributed by atoms with Crippen LogP contribution in [0.2, 0.25) is 0 Å². The van der Waals surface area contributed by atoms with Gasteiger partial charge in [0.05, 0.1) is 0 Å². The normalized spacial score (nSPS) is 22.4. The quantitative estimate of drug-likeness (QED) is 0.579. The molecule has 1 atom stereocenters. The summed E-state index contributed by atoms with van der Waals surface area (Å²) in [6.07, 6.45) is 0.171. The van der Waals surface area contributed by atoms with E-state index in [0.29, 0.717) is 25.9 Å². The lowest BCUT2D eigenvalue weighted by Gasteiger charge is -2.29. The molecule has 0 radical (unpaired) electrons. The topological polar surface area (TPSA) is 20.3 Å². The molecular weight excluding hydrogens is 181 g/mol. The van der Waals surface area contributed by atoms with E-state index in [1.54, 1.807) is 11.8 Å². The Balaban J connectivity index is 2.39. The summed E-state index contributed by atoms with van der Waals surface area (Å²) >= 11 is 5.61. The molecule has 0 aromatic rings. The summed E-state index contributed by atoms with van der Waals surface area (Å²) in [6.45, 7) is 2.67. The van der Waals surface area contributed by atoms with Crippen molar-refractivity contribution in [3.8, 4) is 0 Å². The molecule has 4 heteroatoms. The summed E-state index contributed by atoms with van der Waals surface area (Å²) in [6, 6.07) is 0. The van der Waals surface area contributed by atoms with Crippen LogP contribution in [0.15, 0.2) is 0 Å². The van der Waals surface area contributed by atoms with Crippen molar-refractivity contribution < 1.29 is 9.18 Å². The fourth-order valence-corrected chi connectivity index (χ4v) is 1.46. The van der Waals surface area contributed by atoms with E-state index >= 15 is 0 Å². The van der Waals surface area contributed by atoms with Crippen LogP contribution in [-0.2, 0) is 4.79 Å². The molecule has 1 unspecified atom stereocenters. The van der Waals surface area contributed by atoms with Gasteiger partial charge in [-0.15, -0.1) is 11.6 Å². The molecule has 1 aliphatic heterocycles. The van der Waals surface area contributed by atoms with Crippen molar-refractivity contribution in [2.24, 2.45) is 0 Å². The van der Waals surface area contributed by atoms with Crippen molar-refractivity contribution in [2.75, 3.05) is 13.1 Å². The van der Waals surface area contributed by atoms with Crippen LogP contribution in [-0.4, -0.2) is 35.4 Å². The van der Waals surface area contributed by atoms with Crippen LogP contribution in [0, 0.1) is 0 Å². The number of hydrogen-bond donors (Lipinski definition) is 0. The lowest BCUT2D eigenvalue weighted by atomic mass is 10.1. The second-order valence-corrected chi connectivity index (χ2v) is 3.77. The number of amides is 1. The van der Waals surface area contributed by atoms with Crippen LogP contribution in [0.4, 0.5) is 4.39 Å². The molecule has 1 saturated heterocycles. The minimum atomic E-state index is -0.736. The molecule has 0 aliphatic carbocycles. The van der Waals surface area contributed by atoms with Crippen molar-refractivity contribution in [1.29, 1.82) is 0 Å². The van der Waals surface area contributed by atoms with E-state index in [1.807, 2.05) is 0 Å². The fraction of sp³-hybridized carbons (Fsp3) is 0.875. The van der Waals surface area contributed by atoms with Gasteiger partial charge in [0.25, 0.3) is 0 Å². The largest absolute Gasteiger partial charge is 0.341 e.